The first kappa shape index (κ1) is 22.5. The average Bonchev–Trinajstić information content (AvgIpc) is 3.22. The third-order valence-corrected chi connectivity index (χ3v) is 6.73. The Balaban J connectivity index is 1.60. The van der Waals surface area contributed by atoms with Crippen LogP contribution in [0.5, 0.6) is 0 Å². The van der Waals surface area contributed by atoms with E-state index in [0.717, 1.165) is 53.8 Å². The van der Waals surface area contributed by atoms with Gasteiger partial charge in [-0.15, -0.1) is 0 Å². The van der Waals surface area contributed by atoms with Gasteiger partial charge in [-0.25, -0.2) is 0 Å². The zero-order chi connectivity index (χ0) is 22.7. The Labute approximate surface area is 195 Å². The van der Waals surface area contributed by atoms with E-state index in [-0.39, 0.29) is 5.56 Å². The molecule has 32 heavy (non-hydrogen) atoms. The van der Waals surface area contributed by atoms with E-state index >= 15 is 0 Å². The fraction of sp³-hybridized carbons (Fsp3) is 0.385. The van der Waals surface area contributed by atoms with Crippen LogP contribution in [0.3, 0.4) is 0 Å². The van der Waals surface area contributed by atoms with Crippen LogP contribution in [-0.4, -0.2) is 45.6 Å². The summed E-state index contributed by atoms with van der Waals surface area (Å²) in [5.41, 5.74) is 4.86. The number of likely N-dealkylation sites (tertiary alicyclic amines) is 1. The summed E-state index contributed by atoms with van der Waals surface area (Å²) in [4.78, 5) is 20.6. The predicted octanol–water partition coefficient (Wildman–Crippen LogP) is 4.83. The molecule has 0 bridgehead atoms. The molecule has 168 valence electrons. The number of nitrogens with one attached hydrogen (secondary N) is 2. The zero-order valence-corrected chi connectivity index (χ0v) is 20.0. The van der Waals surface area contributed by atoms with E-state index in [1.165, 1.54) is 12.0 Å². The molecule has 1 aliphatic rings. The second kappa shape index (κ2) is 9.84. The molecule has 0 aliphatic carbocycles. The molecular formula is C26H32N4OS. The van der Waals surface area contributed by atoms with Crippen molar-refractivity contribution in [1.29, 1.82) is 0 Å². The van der Waals surface area contributed by atoms with Crippen LogP contribution < -0.4 is 10.9 Å². The summed E-state index contributed by atoms with van der Waals surface area (Å²) in [6, 6.07) is 16.8. The number of H-pyrrole nitrogens is 1. The van der Waals surface area contributed by atoms with Crippen LogP contribution >= 0.6 is 12.2 Å². The molecule has 2 heterocycles. The van der Waals surface area contributed by atoms with Crippen molar-refractivity contribution in [2.24, 2.45) is 0 Å². The molecule has 3 aromatic rings. The summed E-state index contributed by atoms with van der Waals surface area (Å²) < 4.78 is 0. The molecule has 1 fully saturated rings. The van der Waals surface area contributed by atoms with Gasteiger partial charge in [-0.1, -0.05) is 36.8 Å². The molecule has 2 N–H and O–H groups in total. The van der Waals surface area contributed by atoms with Gasteiger partial charge in [-0.3, -0.25) is 9.69 Å². The molecule has 4 rings (SSSR count). The minimum Gasteiger partial charge on any atom is -0.343 e. The van der Waals surface area contributed by atoms with Crippen LogP contribution in [0.4, 0.5) is 5.69 Å². The van der Waals surface area contributed by atoms with E-state index in [4.69, 9.17) is 12.2 Å². The predicted molar refractivity (Wildman–Crippen MR) is 137 cm³/mol. The Bertz CT molecular complexity index is 1150. The maximum absolute atomic E-state index is 12.9. The summed E-state index contributed by atoms with van der Waals surface area (Å²) in [7, 11) is 0. The van der Waals surface area contributed by atoms with Crippen LogP contribution in [0.1, 0.15) is 36.5 Å². The Hall–Kier alpha value is -2.70. The number of aromatic nitrogens is 1. The number of pyridine rings is 1. The first-order valence-electron chi connectivity index (χ1n) is 11.4. The fourth-order valence-electron chi connectivity index (χ4n) is 4.51. The molecule has 6 heteroatoms. The van der Waals surface area contributed by atoms with Crippen LogP contribution in [0, 0.1) is 13.8 Å². The molecule has 2 aromatic carbocycles. The van der Waals surface area contributed by atoms with Crippen LogP contribution in [-0.2, 0) is 6.54 Å². The molecule has 1 saturated heterocycles. The lowest BCUT2D eigenvalue weighted by Crippen LogP contribution is -2.44. The number of likely N-dealkylation sites (N-methyl/N-ethyl adjacent to an activating group) is 1. The van der Waals surface area contributed by atoms with Gasteiger partial charge in [0.05, 0.1) is 6.54 Å². The lowest BCUT2D eigenvalue weighted by Gasteiger charge is -2.32. The Morgan fingerprint density at radius 2 is 1.91 bits per heavy atom. The van der Waals surface area contributed by atoms with E-state index in [1.54, 1.807) is 0 Å². The number of thiocarbonyl (C=S) groups is 1. The van der Waals surface area contributed by atoms with Gasteiger partial charge in [0.25, 0.3) is 5.56 Å². The number of fused-ring (bicyclic) bond motifs is 1. The van der Waals surface area contributed by atoms with E-state index in [9.17, 15) is 4.79 Å². The molecule has 0 amide bonds. The number of aromatic amines is 1. The molecule has 0 spiro atoms. The standard InChI is InChI=1S/C26H32N4OS/c1-4-29-13-5-6-23(29)17-30(26(32)27-22-11-8-18(2)9-12-22)16-21-15-20-10-7-19(3)14-24(20)28-25(21)31/h7-12,14-15,23H,4-6,13,16-17H2,1-3H3,(H,27,32)(H,28,31)/t23-/m0/s1. The summed E-state index contributed by atoms with van der Waals surface area (Å²) in [5, 5.41) is 5.08. The van der Waals surface area contributed by atoms with Crippen LogP contribution in [0.15, 0.2) is 53.3 Å². The highest BCUT2D eigenvalue weighted by atomic mass is 32.1. The minimum atomic E-state index is -0.0509. The zero-order valence-electron chi connectivity index (χ0n) is 19.1. The van der Waals surface area contributed by atoms with Gasteiger partial charge < -0.3 is 15.2 Å². The Morgan fingerprint density at radius 3 is 2.66 bits per heavy atom. The topological polar surface area (TPSA) is 51.4 Å². The van der Waals surface area contributed by atoms with Crippen molar-refractivity contribution in [2.45, 2.75) is 46.2 Å². The van der Waals surface area contributed by atoms with Crippen molar-refractivity contribution in [3.8, 4) is 0 Å². The number of aryl methyl sites for hydroxylation is 2. The maximum Gasteiger partial charge on any atom is 0.253 e. The molecular weight excluding hydrogens is 416 g/mol. The second-order valence-electron chi connectivity index (χ2n) is 8.82. The minimum absolute atomic E-state index is 0.0509. The monoisotopic (exact) mass is 448 g/mol. The van der Waals surface area contributed by atoms with E-state index in [0.29, 0.717) is 17.7 Å². The molecule has 0 saturated carbocycles. The highest BCUT2D eigenvalue weighted by Crippen LogP contribution is 2.20. The van der Waals surface area contributed by atoms with E-state index < -0.39 is 0 Å². The number of nitrogens with zero attached hydrogens (tertiary/aromatic N) is 2. The summed E-state index contributed by atoms with van der Waals surface area (Å²) in [5.74, 6) is 0. The number of hydrogen-bond donors (Lipinski definition) is 2. The van der Waals surface area contributed by atoms with Gasteiger partial charge in [0, 0.05) is 29.4 Å². The normalized spacial score (nSPS) is 16.4. The van der Waals surface area contributed by atoms with Crippen molar-refractivity contribution in [1.82, 2.24) is 14.8 Å². The number of benzene rings is 2. The smallest absolute Gasteiger partial charge is 0.253 e. The average molecular weight is 449 g/mol. The van der Waals surface area contributed by atoms with E-state index in [2.05, 4.69) is 58.2 Å². The van der Waals surface area contributed by atoms with E-state index in [1.807, 2.05) is 31.2 Å². The third kappa shape index (κ3) is 5.19. The lowest BCUT2D eigenvalue weighted by atomic mass is 10.1. The van der Waals surface area contributed by atoms with Gasteiger partial charge in [-0.2, -0.15) is 0 Å². The van der Waals surface area contributed by atoms with Crippen molar-refractivity contribution < 1.29 is 0 Å². The SMILES string of the molecule is CCN1CCC[C@H]1CN(Cc1cc2ccc(C)cc2[nH]c1=O)C(=S)Nc1ccc(C)cc1. The van der Waals surface area contributed by atoms with Gasteiger partial charge in [0.2, 0.25) is 0 Å². The summed E-state index contributed by atoms with van der Waals surface area (Å²) in [6.45, 7) is 9.75. The molecule has 1 atom stereocenters. The van der Waals surface area contributed by atoms with Gasteiger partial charge in [0.15, 0.2) is 5.11 Å². The summed E-state index contributed by atoms with van der Waals surface area (Å²) >= 11 is 5.84. The highest BCUT2D eigenvalue weighted by Gasteiger charge is 2.26. The van der Waals surface area contributed by atoms with Crippen molar-refractivity contribution in [3.05, 3.63) is 75.6 Å². The van der Waals surface area contributed by atoms with Crippen molar-refractivity contribution >= 4 is 33.9 Å². The molecule has 0 radical (unpaired) electrons. The highest BCUT2D eigenvalue weighted by molar-refractivity contribution is 7.80. The largest absolute Gasteiger partial charge is 0.343 e. The van der Waals surface area contributed by atoms with Gasteiger partial charge in [-0.05, 0) is 87.2 Å². The van der Waals surface area contributed by atoms with Gasteiger partial charge >= 0.3 is 0 Å². The fourth-order valence-corrected chi connectivity index (χ4v) is 4.77. The number of anilines is 1. The first-order chi connectivity index (χ1) is 15.4. The van der Waals surface area contributed by atoms with Gasteiger partial charge in [0.1, 0.15) is 0 Å². The third-order valence-electron chi connectivity index (χ3n) is 6.37. The Kier molecular flexibility index (Phi) is 6.92. The molecule has 5 nitrogen and oxygen atoms in total. The quantitative estimate of drug-likeness (QED) is 0.529. The van der Waals surface area contributed by atoms with Crippen molar-refractivity contribution in [3.63, 3.8) is 0 Å². The lowest BCUT2D eigenvalue weighted by molar-refractivity contribution is 0.221. The number of hydrogen-bond acceptors (Lipinski definition) is 3. The maximum atomic E-state index is 12.9. The second-order valence-corrected chi connectivity index (χ2v) is 9.20. The molecule has 1 aliphatic heterocycles. The first-order valence-corrected chi connectivity index (χ1v) is 11.8. The van der Waals surface area contributed by atoms with Crippen LogP contribution in [0.25, 0.3) is 10.9 Å². The summed E-state index contributed by atoms with van der Waals surface area (Å²) in [6.07, 6.45) is 2.37. The molecule has 1 aromatic heterocycles. The molecule has 0 unspecified atom stereocenters. The Morgan fingerprint density at radius 1 is 1.16 bits per heavy atom. The van der Waals surface area contributed by atoms with Crippen LogP contribution in [0.2, 0.25) is 0 Å². The number of rotatable bonds is 6. The van der Waals surface area contributed by atoms with Crippen molar-refractivity contribution in [2.75, 3.05) is 25.0 Å².